The number of carbonyl (C=O) groups is 1. The topological polar surface area (TPSA) is 75.9 Å². The number of nitrogens with zero attached hydrogens (tertiary/aromatic N) is 5. The van der Waals surface area contributed by atoms with E-state index in [1.165, 1.54) is 21.4 Å². The van der Waals surface area contributed by atoms with Gasteiger partial charge in [0.25, 0.3) is 5.91 Å². The number of aromatic nitrogens is 4. The first kappa shape index (κ1) is 16.9. The average Bonchev–Trinajstić information content (AvgIpc) is 3.36. The van der Waals surface area contributed by atoms with Gasteiger partial charge in [0.15, 0.2) is 0 Å². The molecule has 7 nitrogen and oxygen atoms in total. The number of hydrogen-bond acceptors (Lipinski definition) is 6. The van der Waals surface area contributed by atoms with Crippen molar-refractivity contribution < 1.29 is 4.79 Å². The van der Waals surface area contributed by atoms with Crippen molar-refractivity contribution in [3.05, 3.63) is 58.0 Å². The number of hydrogen-bond donors (Lipinski definition) is 1. The van der Waals surface area contributed by atoms with E-state index in [4.69, 9.17) is 0 Å². The van der Waals surface area contributed by atoms with Crippen molar-refractivity contribution in [2.75, 3.05) is 13.1 Å². The van der Waals surface area contributed by atoms with E-state index in [0.29, 0.717) is 12.1 Å². The van der Waals surface area contributed by atoms with Gasteiger partial charge in [-0.15, -0.1) is 16.4 Å². The van der Waals surface area contributed by atoms with Crippen LogP contribution in [0.5, 0.6) is 0 Å². The normalized spacial score (nSPS) is 15.4. The third kappa shape index (κ3) is 3.51. The molecule has 0 saturated heterocycles. The van der Waals surface area contributed by atoms with Crippen molar-refractivity contribution in [1.82, 2.24) is 30.4 Å². The summed E-state index contributed by atoms with van der Waals surface area (Å²) < 4.78 is 1.53. The van der Waals surface area contributed by atoms with Crippen LogP contribution >= 0.6 is 11.3 Å². The van der Waals surface area contributed by atoms with Gasteiger partial charge in [0.1, 0.15) is 6.33 Å². The zero-order chi connectivity index (χ0) is 17.9. The molecule has 134 valence electrons. The summed E-state index contributed by atoms with van der Waals surface area (Å²) in [5.41, 5.74) is 2.79. The highest BCUT2D eigenvalue weighted by atomic mass is 32.1. The van der Waals surface area contributed by atoms with Crippen LogP contribution in [0, 0.1) is 0 Å². The summed E-state index contributed by atoms with van der Waals surface area (Å²) in [5, 5.41) is 16.3. The van der Waals surface area contributed by atoms with Crippen LogP contribution in [0.2, 0.25) is 0 Å². The number of fused-ring (bicyclic) bond motifs is 1. The summed E-state index contributed by atoms with van der Waals surface area (Å²) in [4.78, 5) is 16.4. The minimum Gasteiger partial charge on any atom is -0.350 e. The van der Waals surface area contributed by atoms with E-state index < -0.39 is 0 Å². The summed E-state index contributed by atoms with van der Waals surface area (Å²) >= 11 is 1.84. The van der Waals surface area contributed by atoms with Crippen LogP contribution in [0.15, 0.2) is 42.0 Å². The smallest absolute Gasteiger partial charge is 0.251 e. The van der Waals surface area contributed by atoms with Crippen molar-refractivity contribution in [2.45, 2.75) is 25.9 Å². The molecule has 1 aromatic carbocycles. The molecule has 0 radical (unpaired) electrons. The van der Waals surface area contributed by atoms with Crippen LogP contribution in [-0.4, -0.2) is 50.1 Å². The average molecular weight is 368 g/mol. The summed E-state index contributed by atoms with van der Waals surface area (Å²) in [6, 6.07) is 9.78. The van der Waals surface area contributed by atoms with Gasteiger partial charge in [-0.3, -0.25) is 9.69 Å². The number of tetrazole rings is 1. The Morgan fingerprint density at radius 3 is 3.15 bits per heavy atom. The Bertz CT molecular complexity index is 891. The van der Waals surface area contributed by atoms with Crippen LogP contribution in [0.25, 0.3) is 5.69 Å². The van der Waals surface area contributed by atoms with Gasteiger partial charge in [-0.05, 0) is 59.0 Å². The van der Waals surface area contributed by atoms with Crippen molar-refractivity contribution in [3.63, 3.8) is 0 Å². The molecule has 0 aliphatic carbocycles. The summed E-state index contributed by atoms with van der Waals surface area (Å²) in [6.45, 7) is 4.78. The fourth-order valence-corrected chi connectivity index (χ4v) is 4.08. The lowest BCUT2D eigenvalue weighted by atomic mass is 10.1. The molecule has 0 spiro atoms. The second kappa shape index (κ2) is 7.35. The molecule has 8 heteroatoms. The van der Waals surface area contributed by atoms with Crippen molar-refractivity contribution in [1.29, 1.82) is 0 Å². The van der Waals surface area contributed by atoms with Crippen molar-refractivity contribution in [3.8, 4) is 5.69 Å². The Morgan fingerprint density at radius 2 is 2.31 bits per heavy atom. The lowest BCUT2D eigenvalue weighted by molar-refractivity contribution is 0.0932. The lowest BCUT2D eigenvalue weighted by Gasteiger charge is -2.32. The van der Waals surface area contributed by atoms with Crippen LogP contribution in [0.4, 0.5) is 0 Å². The summed E-state index contributed by atoms with van der Waals surface area (Å²) in [7, 11) is 0. The summed E-state index contributed by atoms with van der Waals surface area (Å²) in [6.07, 6.45) is 2.60. The molecule has 26 heavy (non-hydrogen) atoms. The fraction of sp³-hybridized carbons (Fsp3) is 0.333. The minimum atomic E-state index is -0.0833. The second-order valence-corrected chi connectivity index (χ2v) is 7.45. The molecule has 3 heterocycles. The van der Waals surface area contributed by atoms with E-state index in [-0.39, 0.29) is 11.9 Å². The van der Waals surface area contributed by atoms with Crippen LogP contribution in [0.3, 0.4) is 0 Å². The van der Waals surface area contributed by atoms with Crippen LogP contribution < -0.4 is 5.32 Å². The lowest BCUT2D eigenvalue weighted by Crippen LogP contribution is -2.44. The molecular formula is C18H20N6OS. The van der Waals surface area contributed by atoms with Gasteiger partial charge in [-0.25, -0.2) is 4.68 Å². The highest BCUT2D eigenvalue weighted by Gasteiger charge is 2.21. The summed E-state index contributed by atoms with van der Waals surface area (Å²) in [5.74, 6) is -0.0833. The zero-order valence-electron chi connectivity index (χ0n) is 14.5. The van der Waals surface area contributed by atoms with Crippen LogP contribution in [0.1, 0.15) is 27.7 Å². The monoisotopic (exact) mass is 368 g/mol. The van der Waals surface area contributed by atoms with Gasteiger partial charge in [-0.1, -0.05) is 6.07 Å². The largest absolute Gasteiger partial charge is 0.350 e. The Morgan fingerprint density at radius 1 is 1.38 bits per heavy atom. The zero-order valence-corrected chi connectivity index (χ0v) is 15.3. The standard InChI is InChI=1S/C18H20N6OS/c1-13(23-7-5-17-15(11-23)6-8-26-17)10-19-18(25)14-3-2-4-16(9-14)24-12-20-21-22-24/h2-4,6,8-9,12-13H,5,7,10-11H2,1H3,(H,19,25). The molecule has 3 aromatic rings. The van der Waals surface area contributed by atoms with E-state index in [2.05, 4.69) is 44.1 Å². The maximum Gasteiger partial charge on any atom is 0.251 e. The predicted octanol–water partition coefficient (Wildman–Crippen LogP) is 1.90. The molecule has 1 aliphatic heterocycles. The van der Waals surface area contributed by atoms with Crippen LogP contribution in [-0.2, 0) is 13.0 Å². The maximum atomic E-state index is 12.5. The van der Waals surface area contributed by atoms with E-state index in [1.807, 2.05) is 23.5 Å². The quantitative estimate of drug-likeness (QED) is 0.744. The number of thiophene rings is 1. The Hall–Kier alpha value is -2.58. The highest BCUT2D eigenvalue weighted by Crippen LogP contribution is 2.25. The molecule has 0 saturated carbocycles. The molecular weight excluding hydrogens is 348 g/mol. The number of nitrogens with one attached hydrogen (secondary N) is 1. The van der Waals surface area contributed by atoms with Gasteiger partial charge in [0.2, 0.25) is 0 Å². The SMILES string of the molecule is CC(CNC(=O)c1cccc(-n2cnnn2)c1)N1CCc2sccc2C1. The molecule has 0 fully saturated rings. The van der Waals surface area contributed by atoms with Crippen molar-refractivity contribution >= 4 is 17.2 Å². The number of rotatable bonds is 5. The Labute approximate surface area is 155 Å². The first-order chi connectivity index (χ1) is 12.7. The first-order valence-corrected chi connectivity index (χ1v) is 9.49. The van der Waals surface area contributed by atoms with E-state index >= 15 is 0 Å². The van der Waals surface area contributed by atoms with Crippen molar-refractivity contribution in [2.24, 2.45) is 0 Å². The van der Waals surface area contributed by atoms with E-state index in [0.717, 1.165) is 25.2 Å². The highest BCUT2D eigenvalue weighted by molar-refractivity contribution is 7.10. The molecule has 1 atom stereocenters. The Kier molecular flexibility index (Phi) is 4.77. The van der Waals surface area contributed by atoms with Gasteiger partial charge < -0.3 is 5.32 Å². The van der Waals surface area contributed by atoms with E-state index in [1.54, 1.807) is 12.1 Å². The third-order valence-electron chi connectivity index (χ3n) is 4.74. The van der Waals surface area contributed by atoms with Gasteiger partial charge >= 0.3 is 0 Å². The first-order valence-electron chi connectivity index (χ1n) is 8.61. The van der Waals surface area contributed by atoms with E-state index in [9.17, 15) is 4.79 Å². The number of carbonyl (C=O) groups excluding carboxylic acids is 1. The molecule has 2 aromatic heterocycles. The minimum absolute atomic E-state index is 0.0833. The second-order valence-electron chi connectivity index (χ2n) is 6.45. The molecule has 4 rings (SSSR count). The number of benzene rings is 1. The predicted molar refractivity (Wildman–Crippen MR) is 99.4 cm³/mol. The third-order valence-corrected chi connectivity index (χ3v) is 5.76. The Balaban J connectivity index is 1.36. The molecule has 1 N–H and O–H groups in total. The number of amides is 1. The van der Waals surface area contributed by atoms with Gasteiger partial charge in [0, 0.05) is 36.1 Å². The molecule has 1 aliphatic rings. The fourth-order valence-electron chi connectivity index (χ4n) is 3.19. The molecule has 0 bridgehead atoms. The maximum absolute atomic E-state index is 12.5. The van der Waals surface area contributed by atoms with Gasteiger partial charge in [0.05, 0.1) is 5.69 Å². The molecule has 1 amide bonds. The van der Waals surface area contributed by atoms with Gasteiger partial charge in [-0.2, -0.15) is 0 Å². The molecule has 1 unspecified atom stereocenters.